The van der Waals surface area contributed by atoms with Crippen molar-refractivity contribution in [1.82, 2.24) is 5.32 Å². The second kappa shape index (κ2) is 11.3. The van der Waals surface area contributed by atoms with Crippen LogP contribution < -0.4 is 15.0 Å². The molecule has 0 saturated heterocycles. The average molecular weight is 469 g/mol. The second-order valence-electron chi connectivity index (χ2n) is 7.58. The van der Waals surface area contributed by atoms with Crippen LogP contribution in [0.1, 0.15) is 21.5 Å². The lowest BCUT2D eigenvalue weighted by molar-refractivity contribution is -0.140. The fourth-order valence-electron chi connectivity index (χ4n) is 3.47. The van der Waals surface area contributed by atoms with E-state index >= 15 is 0 Å². The van der Waals surface area contributed by atoms with Crippen molar-refractivity contribution in [2.45, 2.75) is 13.8 Å². The molecular weight excluding hydrogens is 440 g/mol. The molecule has 2 aromatic rings. The topological polar surface area (TPSA) is 103 Å². The van der Waals surface area contributed by atoms with Gasteiger partial charge in [-0.2, -0.15) is 0 Å². The predicted octanol–water partition coefficient (Wildman–Crippen LogP) is 2.51. The molecule has 1 aliphatic heterocycles. The summed E-state index contributed by atoms with van der Waals surface area (Å²) in [4.78, 5) is 39.2. The van der Waals surface area contributed by atoms with E-state index in [9.17, 15) is 14.4 Å². The maximum Gasteiger partial charge on any atom is 0.355 e. The minimum Gasteiger partial charge on any atom is -0.492 e. The Kier molecular flexibility index (Phi) is 8.26. The highest BCUT2D eigenvalue weighted by molar-refractivity contribution is 6.06. The van der Waals surface area contributed by atoms with Crippen LogP contribution in [0, 0.1) is 13.8 Å². The molecule has 2 aromatic carbocycles. The highest BCUT2D eigenvalue weighted by Gasteiger charge is 2.33. The Morgan fingerprint density at radius 3 is 2.44 bits per heavy atom. The number of amides is 1. The van der Waals surface area contributed by atoms with E-state index in [0.717, 1.165) is 11.3 Å². The van der Waals surface area contributed by atoms with Crippen LogP contribution in [0.15, 0.2) is 53.7 Å². The van der Waals surface area contributed by atoms with Gasteiger partial charge in [0.15, 0.2) is 0 Å². The lowest BCUT2D eigenvalue weighted by Crippen LogP contribution is -2.40. The van der Waals surface area contributed by atoms with Crippen molar-refractivity contribution in [1.29, 1.82) is 0 Å². The highest BCUT2D eigenvalue weighted by atomic mass is 16.5. The molecule has 0 fully saturated rings. The Hall–Kier alpha value is -3.85. The largest absolute Gasteiger partial charge is 0.492 e. The normalized spacial score (nSPS) is 13.4. The molecule has 3 rings (SSSR count). The number of carbonyl (C=O) groups excluding carboxylic acids is 3. The zero-order valence-corrected chi connectivity index (χ0v) is 19.7. The van der Waals surface area contributed by atoms with Gasteiger partial charge >= 0.3 is 11.9 Å². The predicted molar refractivity (Wildman–Crippen MR) is 125 cm³/mol. The molecule has 1 aliphatic rings. The number of methoxy groups -OCH3 is 2. The van der Waals surface area contributed by atoms with Crippen molar-refractivity contribution in [3.05, 3.63) is 70.4 Å². The van der Waals surface area contributed by atoms with Gasteiger partial charge in [-0.1, -0.05) is 18.2 Å². The number of esters is 2. The molecular formula is C25H28N2O7. The Morgan fingerprint density at radius 1 is 1.00 bits per heavy atom. The van der Waals surface area contributed by atoms with Crippen molar-refractivity contribution in [3.63, 3.8) is 0 Å². The van der Waals surface area contributed by atoms with E-state index in [0.29, 0.717) is 11.3 Å². The number of rotatable bonds is 8. The first kappa shape index (κ1) is 24.8. The van der Waals surface area contributed by atoms with Crippen LogP contribution in [0.4, 0.5) is 5.69 Å². The summed E-state index contributed by atoms with van der Waals surface area (Å²) in [6.07, 6.45) is 0. The van der Waals surface area contributed by atoms with Crippen molar-refractivity contribution in [2.24, 2.45) is 0 Å². The molecule has 9 heteroatoms. The van der Waals surface area contributed by atoms with Crippen LogP contribution in [0.5, 0.6) is 5.75 Å². The monoisotopic (exact) mass is 468 g/mol. The van der Waals surface area contributed by atoms with Crippen molar-refractivity contribution >= 4 is 23.5 Å². The number of para-hydroxylation sites is 1. The lowest BCUT2D eigenvalue weighted by Gasteiger charge is -2.32. The summed E-state index contributed by atoms with van der Waals surface area (Å²) in [6, 6.07) is 12.5. The Labute approximate surface area is 198 Å². The Bertz CT molecular complexity index is 1110. The van der Waals surface area contributed by atoms with Gasteiger partial charge < -0.3 is 29.2 Å². The van der Waals surface area contributed by atoms with Crippen LogP contribution in [0.3, 0.4) is 0 Å². The second-order valence-corrected chi connectivity index (χ2v) is 7.58. The number of nitrogens with one attached hydrogen (secondary N) is 1. The van der Waals surface area contributed by atoms with Crippen LogP contribution in [-0.4, -0.2) is 58.6 Å². The quantitative estimate of drug-likeness (QED) is 0.466. The molecule has 0 unspecified atom stereocenters. The summed E-state index contributed by atoms with van der Waals surface area (Å²) in [6.45, 7) is 4.42. The first-order valence-electron chi connectivity index (χ1n) is 10.7. The average Bonchev–Trinajstić information content (AvgIpc) is 2.87. The molecule has 0 bridgehead atoms. The summed E-state index contributed by atoms with van der Waals surface area (Å²) in [7, 11) is 2.43. The van der Waals surface area contributed by atoms with Gasteiger partial charge in [-0.25, -0.2) is 9.59 Å². The van der Waals surface area contributed by atoms with E-state index in [1.165, 1.54) is 24.7 Å². The van der Waals surface area contributed by atoms with Gasteiger partial charge in [-0.15, -0.1) is 0 Å². The van der Waals surface area contributed by atoms with Gasteiger partial charge in [0.05, 0.1) is 44.2 Å². The number of benzene rings is 2. The van der Waals surface area contributed by atoms with E-state index in [-0.39, 0.29) is 43.7 Å². The lowest BCUT2D eigenvalue weighted by atomic mass is 10.1. The number of ether oxygens (including phenoxy) is 4. The van der Waals surface area contributed by atoms with Gasteiger partial charge in [-0.05, 0) is 49.2 Å². The first-order valence-corrected chi connectivity index (χ1v) is 10.7. The van der Waals surface area contributed by atoms with Crippen molar-refractivity contribution in [3.8, 4) is 5.75 Å². The van der Waals surface area contributed by atoms with E-state index < -0.39 is 11.9 Å². The number of aryl methyl sites for hydroxylation is 2. The van der Waals surface area contributed by atoms with Crippen LogP contribution in [0.25, 0.3) is 0 Å². The van der Waals surface area contributed by atoms with Crippen LogP contribution >= 0.6 is 0 Å². The van der Waals surface area contributed by atoms with E-state index in [2.05, 4.69) is 5.32 Å². The third-order valence-electron chi connectivity index (χ3n) is 5.41. The molecule has 0 saturated carbocycles. The van der Waals surface area contributed by atoms with Gasteiger partial charge in [-0.3, -0.25) is 4.79 Å². The summed E-state index contributed by atoms with van der Waals surface area (Å²) < 4.78 is 20.9. The molecule has 0 radical (unpaired) electrons. The number of nitrogens with zero attached hydrogens (tertiary/aromatic N) is 1. The first-order chi connectivity index (χ1) is 16.4. The smallest absolute Gasteiger partial charge is 0.355 e. The molecule has 9 nitrogen and oxygen atoms in total. The molecule has 34 heavy (non-hydrogen) atoms. The third-order valence-corrected chi connectivity index (χ3v) is 5.41. The molecule has 0 spiro atoms. The SMILES string of the molecule is COC(=O)C1=C(C(=O)OC)N(c2ccccc2C(=O)NCCOc2ccc(C)c(C)c2)COC1. The fraction of sp³-hybridized carbons (Fsp3) is 0.320. The van der Waals surface area contributed by atoms with Gasteiger partial charge in [0.2, 0.25) is 0 Å². The van der Waals surface area contributed by atoms with Crippen LogP contribution in [0.2, 0.25) is 0 Å². The summed E-state index contributed by atoms with van der Waals surface area (Å²) in [5.41, 5.74) is 2.97. The Morgan fingerprint density at radius 2 is 1.74 bits per heavy atom. The Balaban J connectivity index is 1.77. The standard InChI is InChI=1S/C25H28N2O7/c1-16-9-10-18(13-17(16)2)34-12-11-26-23(28)19-7-5-6-8-21(19)27-15-33-14-20(24(29)31-3)22(27)25(30)32-4/h5-10,13H,11-12,14-15H2,1-4H3,(H,26,28). The van der Waals surface area contributed by atoms with Crippen LogP contribution in [-0.2, 0) is 23.8 Å². The number of hydrogen-bond donors (Lipinski definition) is 1. The summed E-state index contributed by atoms with van der Waals surface area (Å²) in [5.74, 6) is -1.09. The minimum atomic E-state index is -0.735. The molecule has 180 valence electrons. The number of anilines is 1. The maximum absolute atomic E-state index is 13.0. The molecule has 1 amide bonds. The van der Waals surface area contributed by atoms with Crippen molar-refractivity contribution in [2.75, 3.05) is 45.6 Å². The van der Waals surface area contributed by atoms with Gasteiger partial charge in [0.25, 0.3) is 5.91 Å². The molecule has 0 aliphatic carbocycles. The number of carbonyl (C=O) groups is 3. The maximum atomic E-state index is 13.0. The molecule has 0 aromatic heterocycles. The summed E-state index contributed by atoms with van der Waals surface area (Å²) in [5, 5.41) is 2.82. The third kappa shape index (κ3) is 5.55. The van der Waals surface area contributed by atoms with E-state index in [1.807, 2.05) is 32.0 Å². The molecule has 1 heterocycles. The highest BCUT2D eigenvalue weighted by Crippen LogP contribution is 2.29. The van der Waals surface area contributed by atoms with Gasteiger partial charge in [0, 0.05) is 0 Å². The minimum absolute atomic E-state index is 0.0117. The fourth-order valence-corrected chi connectivity index (χ4v) is 3.47. The van der Waals surface area contributed by atoms with E-state index in [4.69, 9.17) is 18.9 Å². The zero-order chi connectivity index (χ0) is 24.7. The molecule has 1 N–H and O–H groups in total. The van der Waals surface area contributed by atoms with Crippen molar-refractivity contribution < 1.29 is 33.3 Å². The number of hydrogen-bond acceptors (Lipinski definition) is 8. The zero-order valence-electron chi connectivity index (χ0n) is 19.7. The molecule has 0 atom stereocenters. The summed E-state index contributed by atoms with van der Waals surface area (Å²) >= 11 is 0. The van der Waals surface area contributed by atoms with Gasteiger partial charge in [0.1, 0.15) is 24.8 Å². The van der Waals surface area contributed by atoms with E-state index in [1.54, 1.807) is 24.3 Å².